The molecule has 0 radical (unpaired) electrons. The van der Waals surface area contributed by atoms with Gasteiger partial charge in [0.15, 0.2) is 0 Å². The molecule has 0 amide bonds. The summed E-state index contributed by atoms with van der Waals surface area (Å²) in [7, 11) is 1.85. The van der Waals surface area contributed by atoms with Gasteiger partial charge in [0, 0.05) is 35.5 Å². The SMILES string of the molecule is CC.Cc1ccc(-c2ccc(N(c3ccc(-c4ccc(N(C)c5ccc(C(F)(F)F)cc5)cc4)cc3)c3ccc(C)c(C)c3)cc2)cc1. The van der Waals surface area contributed by atoms with Crippen LogP contribution in [0.4, 0.5) is 41.6 Å². The third-order valence-corrected chi connectivity index (χ3v) is 8.55. The molecule has 5 heteroatoms. The van der Waals surface area contributed by atoms with E-state index >= 15 is 0 Å². The van der Waals surface area contributed by atoms with Crippen LogP contribution in [0.5, 0.6) is 0 Å². The molecule has 2 nitrogen and oxygen atoms in total. The topological polar surface area (TPSA) is 6.48 Å². The van der Waals surface area contributed by atoms with Crippen molar-refractivity contribution in [2.75, 3.05) is 16.8 Å². The molecule has 0 spiro atoms. The Morgan fingerprint density at radius 3 is 1.17 bits per heavy atom. The first kappa shape index (κ1) is 34.1. The third kappa shape index (κ3) is 7.63. The second-order valence-corrected chi connectivity index (χ2v) is 11.7. The minimum absolute atomic E-state index is 0.654. The quantitative estimate of drug-likeness (QED) is 0.171. The third-order valence-electron chi connectivity index (χ3n) is 8.55. The van der Waals surface area contributed by atoms with Gasteiger partial charge in [-0.3, -0.25) is 0 Å². The summed E-state index contributed by atoms with van der Waals surface area (Å²) in [4.78, 5) is 4.15. The van der Waals surface area contributed by atoms with E-state index in [0.717, 1.165) is 46.0 Å². The van der Waals surface area contributed by atoms with Gasteiger partial charge in [0.25, 0.3) is 0 Å². The molecule has 0 aliphatic rings. The fraction of sp³-hybridized carbons (Fsp3) is 0.163. The smallest absolute Gasteiger partial charge is 0.345 e. The van der Waals surface area contributed by atoms with Crippen molar-refractivity contribution in [3.63, 3.8) is 0 Å². The molecule has 0 aliphatic heterocycles. The fourth-order valence-electron chi connectivity index (χ4n) is 5.56. The molecule has 0 unspecified atom stereocenters. The van der Waals surface area contributed by atoms with Crippen LogP contribution < -0.4 is 9.80 Å². The van der Waals surface area contributed by atoms with Crippen LogP contribution in [0.2, 0.25) is 0 Å². The summed E-state index contributed by atoms with van der Waals surface area (Å²) in [5.41, 5.74) is 12.3. The van der Waals surface area contributed by atoms with Crippen molar-refractivity contribution in [3.8, 4) is 22.3 Å². The molecule has 0 heterocycles. The predicted octanol–water partition coefficient (Wildman–Crippen LogP) is 13.2. The van der Waals surface area contributed by atoms with Crippen LogP contribution in [0.3, 0.4) is 0 Å². The number of hydrogen-bond acceptors (Lipinski definition) is 2. The van der Waals surface area contributed by atoms with Gasteiger partial charge in [0.1, 0.15) is 0 Å². The second kappa shape index (κ2) is 14.6. The van der Waals surface area contributed by atoms with E-state index < -0.39 is 11.7 Å². The molecule has 0 N–H and O–H groups in total. The number of aryl methyl sites for hydroxylation is 3. The summed E-state index contributed by atoms with van der Waals surface area (Å²) < 4.78 is 39.0. The molecule has 0 saturated heterocycles. The highest BCUT2D eigenvalue weighted by Crippen LogP contribution is 2.38. The lowest BCUT2D eigenvalue weighted by molar-refractivity contribution is -0.137. The molecule has 0 fully saturated rings. The van der Waals surface area contributed by atoms with Crippen LogP contribution in [0, 0.1) is 20.8 Å². The van der Waals surface area contributed by atoms with Crippen LogP contribution >= 0.6 is 0 Å². The molecule has 6 rings (SSSR count). The van der Waals surface area contributed by atoms with E-state index in [2.05, 4.69) is 117 Å². The monoisotopic (exact) mass is 642 g/mol. The van der Waals surface area contributed by atoms with E-state index in [4.69, 9.17) is 0 Å². The van der Waals surface area contributed by atoms with Crippen molar-refractivity contribution < 1.29 is 13.2 Å². The van der Waals surface area contributed by atoms with Crippen molar-refractivity contribution in [2.24, 2.45) is 0 Å². The van der Waals surface area contributed by atoms with Crippen molar-refractivity contribution in [1.29, 1.82) is 0 Å². The molecule has 48 heavy (non-hydrogen) atoms. The molecule has 6 aromatic carbocycles. The molecule has 0 atom stereocenters. The zero-order valence-electron chi connectivity index (χ0n) is 28.3. The van der Waals surface area contributed by atoms with Gasteiger partial charge in [0.2, 0.25) is 0 Å². The zero-order chi connectivity index (χ0) is 34.4. The highest BCUT2D eigenvalue weighted by molar-refractivity contribution is 5.80. The van der Waals surface area contributed by atoms with Crippen molar-refractivity contribution in [1.82, 2.24) is 0 Å². The van der Waals surface area contributed by atoms with E-state index in [9.17, 15) is 13.2 Å². The summed E-state index contributed by atoms with van der Waals surface area (Å²) in [6, 6.07) is 45.6. The first-order chi connectivity index (χ1) is 23.1. The van der Waals surface area contributed by atoms with Gasteiger partial charge in [0.05, 0.1) is 5.56 Å². The van der Waals surface area contributed by atoms with Crippen LogP contribution in [-0.2, 0) is 6.18 Å². The lowest BCUT2D eigenvalue weighted by Gasteiger charge is -2.26. The maximum atomic E-state index is 13.0. The minimum atomic E-state index is -4.35. The van der Waals surface area contributed by atoms with Gasteiger partial charge >= 0.3 is 6.18 Å². The lowest BCUT2D eigenvalue weighted by Crippen LogP contribution is -2.10. The Hall–Kier alpha value is -5.29. The highest BCUT2D eigenvalue weighted by Gasteiger charge is 2.30. The van der Waals surface area contributed by atoms with E-state index in [0.29, 0.717) is 5.69 Å². The standard InChI is InChI=1S/C41H35F3N2.C2H6/c1-28-5-8-31(9-6-28)33-12-21-38(22-13-33)46(40-18-7-29(2)30(3)27-40)39-23-14-34(15-24-39)32-10-19-36(20-11-32)45(4)37-25-16-35(17-26-37)41(42,43)44;1-2/h5-27H,1-4H3;1-2H3. The van der Waals surface area contributed by atoms with E-state index in [1.54, 1.807) is 0 Å². The average Bonchev–Trinajstić information content (AvgIpc) is 3.11. The first-order valence-electron chi connectivity index (χ1n) is 16.2. The van der Waals surface area contributed by atoms with Gasteiger partial charge < -0.3 is 9.80 Å². The van der Waals surface area contributed by atoms with Crippen LogP contribution in [0.1, 0.15) is 36.1 Å². The molecule has 0 aromatic heterocycles. The lowest BCUT2D eigenvalue weighted by atomic mass is 10.0. The Bertz CT molecular complexity index is 1920. The Morgan fingerprint density at radius 1 is 0.417 bits per heavy atom. The van der Waals surface area contributed by atoms with Gasteiger partial charge in [-0.05, 0) is 127 Å². The van der Waals surface area contributed by atoms with Crippen molar-refractivity contribution >= 4 is 28.4 Å². The highest BCUT2D eigenvalue weighted by atomic mass is 19.4. The Balaban J connectivity index is 0.00000221. The van der Waals surface area contributed by atoms with Crippen molar-refractivity contribution in [3.05, 3.63) is 162 Å². The summed E-state index contributed by atoms with van der Waals surface area (Å²) >= 11 is 0. The van der Waals surface area contributed by atoms with Gasteiger partial charge in [-0.2, -0.15) is 13.2 Å². The summed E-state index contributed by atoms with van der Waals surface area (Å²) in [5.74, 6) is 0. The van der Waals surface area contributed by atoms with E-state index in [1.807, 2.05) is 50.1 Å². The van der Waals surface area contributed by atoms with E-state index in [1.165, 1.54) is 39.9 Å². The normalized spacial score (nSPS) is 11.0. The Morgan fingerprint density at radius 2 is 0.771 bits per heavy atom. The molecule has 6 aromatic rings. The number of alkyl halides is 3. The van der Waals surface area contributed by atoms with E-state index in [-0.39, 0.29) is 0 Å². The maximum Gasteiger partial charge on any atom is 0.416 e. The molecule has 0 saturated carbocycles. The van der Waals surface area contributed by atoms with Crippen LogP contribution in [0.15, 0.2) is 140 Å². The second-order valence-electron chi connectivity index (χ2n) is 11.7. The predicted molar refractivity (Wildman–Crippen MR) is 197 cm³/mol. The Labute approximate surface area is 282 Å². The van der Waals surface area contributed by atoms with Crippen LogP contribution in [-0.4, -0.2) is 7.05 Å². The maximum absolute atomic E-state index is 13.0. The molecular formula is C43H41F3N2. The number of rotatable bonds is 7. The molecular weight excluding hydrogens is 601 g/mol. The van der Waals surface area contributed by atoms with Gasteiger partial charge in [-0.15, -0.1) is 0 Å². The minimum Gasteiger partial charge on any atom is -0.345 e. The average molecular weight is 643 g/mol. The summed E-state index contributed by atoms with van der Waals surface area (Å²) in [5, 5.41) is 0. The Kier molecular flexibility index (Phi) is 10.4. The molecule has 0 aliphatic carbocycles. The largest absolute Gasteiger partial charge is 0.416 e. The summed E-state index contributed by atoms with van der Waals surface area (Å²) in [6.45, 7) is 10.4. The summed E-state index contributed by atoms with van der Waals surface area (Å²) in [6.07, 6.45) is -4.35. The number of nitrogens with zero attached hydrogens (tertiary/aromatic N) is 2. The number of benzene rings is 6. The number of halogens is 3. The first-order valence-corrected chi connectivity index (χ1v) is 16.2. The van der Waals surface area contributed by atoms with Crippen molar-refractivity contribution in [2.45, 2.75) is 40.8 Å². The number of hydrogen-bond donors (Lipinski definition) is 0. The van der Waals surface area contributed by atoms with Crippen LogP contribution in [0.25, 0.3) is 22.3 Å². The zero-order valence-corrected chi connectivity index (χ0v) is 28.3. The molecule has 0 bridgehead atoms. The number of anilines is 5. The van der Waals surface area contributed by atoms with Gasteiger partial charge in [-0.1, -0.05) is 86.1 Å². The van der Waals surface area contributed by atoms with Gasteiger partial charge in [-0.25, -0.2) is 0 Å². The molecule has 244 valence electrons. The fourth-order valence-corrected chi connectivity index (χ4v) is 5.56.